The molecule has 0 radical (unpaired) electrons. The van der Waals surface area contributed by atoms with E-state index in [0.717, 1.165) is 16.8 Å². The van der Waals surface area contributed by atoms with Crippen molar-refractivity contribution in [3.8, 4) is 5.69 Å². The second-order valence-corrected chi connectivity index (χ2v) is 6.53. The number of nitrogens with zero attached hydrogens (tertiary/aromatic N) is 2. The Morgan fingerprint density at radius 3 is 2.53 bits per heavy atom. The SMILES string of the molecule is Cc1nn(-c2ccc(C(C)(F)F)cc2C(F)(F)F)cc1NC(=O)/C=C/c1ccco1. The van der Waals surface area contributed by atoms with Crippen molar-refractivity contribution >= 4 is 17.7 Å². The molecule has 0 aliphatic heterocycles. The van der Waals surface area contributed by atoms with Crippen LogP contribution >= 0.6 is 0 Å². The normalized spacial score (nSPS) is 12.5. The van der Waals surface area contributed by atoms with Crippen LogP contribution in [-0.4, -0.2) is 15.7 Å². The predicted octanol–water partition coefficient (Wildman–Crippen LogP) is 5.56. The van der Waals surface area contributed by atoms with Crippen molar-refractivity contribution in [2.45, 2.75) is 25.9 Å². The Bertz CT molecular complexity index is 1080. The first-order chi connectivity index (χ1) is 13.9. The number of carbonyl (C=O) groups is 1. The zero-order chi connectivity index (χ0) is 22.1. The van der Waals surface area contributed by atoms with Gasteiger partial charge in [-0.1, -0.05) is 6.07 Å². The first kappa shape index (κ1) is 21.3. The van der Waals surface area contributed by atoms with Crippen LogP contribution in [0, 0.1) is 6.92 Å². The first-order valence-corrected chi connectivity index (χ1v) is 8.64. The summed E-state index contributed by atoms with van der Waals surface area (Å²) >= 11 is 0. The van der Waals surface area contributed by atoms with Crippen LogP contribution in [0.1, 0.15) is 29.5 Å². The number of hydrogen-bond donors (Lipinski definition) is 1. The van der Waals surface area contributed by atoms with Crippen LogP contribution in [0.15, 0.2) is 53.3 Å². The highest BCUT2D eigenvalue weighted by atomic mass is 19.4. The monoisotopic (exact) mass is 425 g/mol. The third kappa shape index (κ3) is 4.76. The lowest BCUT2D eigenvalue weighted by Gasteiger charge is -2.17. The van der Waals surface area contributed by atoms with E-state index in [2.05, 4.69) is 10.4 Å². The number of furan rings is 1. The summed E-state index contributed by atoms with van der Waals surface area (Å²) in [6, 6.07) is 5.51. The Morgan fingerprint density at radius 2 is 1.93 bits per heavy atom. The molecule has 158 valence electrons. The van der Waals surface area contributed by atoms with Gasteiger partial charge in [0.25, 0.3) is 5.92 Å². The van der Waals surface area contributed by atoms with Crippen molar-refractivity contribution in [1.29, 1.82) is 0 Å². The van der Waals surface area contributed by atoms with Crippen molar-refractivity contribution < 1.29 is 31.2 Å². The molecule has 0 unspecified atom stereocenters. The van der Waals surface area contributed by atoms with Gasteiger partial charge < -0.3 is 9.73 Å². The molecule has 10 heteroatoms. The van der Waals surface area contributed by atoms with Crippen molar-refractivity contribution in [3.05, 3.63) is 71.4 Å². The molecular formula is C20H16F5N3O2. The van der Waals surface area contributed by atoms with Gasteiger partial charge in [0.2, 0.25) is 5.91 Å². The highest BCUT2D eigenvalue weighted by Crippen LogP contribution is 2.38. The Labute approximate surface area is 167 Å². The summed E-state index contributed by atoms with van der Waals surface area (Å²) in [6.07, 6.45) is 0.340. The molecule has 0 aliphatic carbocycles. The maximum absolute atomic E-state index is 13.5. The summed E-state index contributed by atoms with van der Waals surface area (Å²) in [5, 5.41) is 6.49. The van der Waals surface area contributed by atoms with Gasteiger partial charge in [0.15, 0.2) is 0 Å². The van der Waals surface area contributed by atoms with Gasteiger partial charge in [0, 0.05) is 18.6 Å². The molecule has 2 heterocycles. The summed E-state index contributed by atoms with van der Waals surface area (Å²) in [6.45, 7) is 2.01. The molecule has 0 saturated heterocycles. The molecule has 0 spiro atoms. The van der Waals surface area contributed by atoms with Gasteiger partial charge >= 0.3 is 6.18 Å². The molecule has 0 atom stereocenters. The Hall–Kier alpha value is -3.43. The predicted molar refractivity (Wildman–Crippen MR) is 99.2 cm³/mol. The van der Waals surface area contributed by atoms with E-state index in [9.17, 15) is 26.7 Å². The van der Waals surface area contributed by atoms with E-state index in [4.69, 9.17) is 4.42 Å². The summed E-state index contributed by atoms with van der Waals surface area (Å²) in [5.74, 6) is -3.54. The van der Waals surface area contributed by atoms with Gasteiger partial charge in [-0.05, 0) is 37.3 Å². The van der Waals surface area contributed by atoms with Gasteiger partial charge in [0.1, 0.15) is 5.76 Å². The van der Waals surface area contributed by atoms with Crippen LogP contribution in [-0.2, 0) is 16.9 Å². The molecule has 5 nitrogen and oxygen atoms in total. The number of alkyl halides is 5. The number of benzene rings is 1. The third-order valence-corrected chi connectivity index (χ3v) is 4.15. The minimum Gasteiger partial charge on any atom is -0.465 e. The number of aryl methyl sites for hydroxylation is 1. The van der Waals surface area contributed by atoms with Crippen LogP contribution < -0.4 is 5.32 Å². The molecule has 0 saturated carbocycles. The van der Waals surface area contributed by atoms with E-state index in [-0.39, 0.29) is 11.4 Å². The number of aromatic nitrogens is 2. The standard InChI is InChI=1S/C20H16F5N3O2/c1-12-16(26-18(29)8-6-14-4-3-9-30-14)11-28(27-12)17-7-5-13(19(2,21)22)10-15(17)20(23,24)25/h3-11H,1-2H3,(H,26,29)/b8-6+. The number of nitrogens with one attached hydrogen (secondary N) is 1. The molecule has 3 aromatic rings. The first-order valence-electron chi connectivity index (χ1n) is 8.64. The zero-order valence-electron chi connectivity index (χ0n) is 15.8. The van der Waals surface area contributed by atoms with E-state index in [0.29, 0.717) is 18.8 Å². The number of amides is 1. The smallest absolute Gasteiger partial charge is 0.418 e. The molecule has 1 N–H and O–H groups in total. The summed E-state index contributed by atoms with van der Waals surface area (Å²) in [5.41, 5.74) is -2.06. The lowest BCUT2D eigenvalue weighted by Crippen LogP contribution is -2.15. The van der Waals surface area contributed by atoms with Crippen molar-refractivity contribution in [3.63, 3.8) is 0 Å². The van der Waals surface area contributed by atoms with E-state index in [1.807, 2.05) is 0 Å². The largest absolute Gasteiger partial charge is 0.465 e. The van der Waals surface area contributed by atoms with Crippen molar-refractivity contribution in [2.75, 3.05) is 5.32 Å². The molecule has 1 amide bonds. The Balaban J connectivity index is 1.91. The van der Waals surface area contributed by atoms with Gasteiger partial charge in [0.05, 0.1) is 35.1 Å². The van der Waals surface area contributed by atoms with Crippen LogP contribution in [0.25, 0.3) is 11.8 Å². The number of anilines is 1. The molecule has 0 bridgehead atoms. The fourth-order valence-corrected chi connectivity index (χ4v) is 2.66. The molecule has 3 rings (SSSR count). The fourth-order valence-electron chi connectivity index (χ4n) is 2.66. The van der Waals surface area contributed by atoms with E-state index in [1.54, 1.807) is 12.1 Å². The minimum atomic E-state index is -4.88. The van der Waals surface area contributed by atoms with E-state index >= 15 is 0 Å². The number of rotatable bonds is 5. The lowest BCUT2D eigenvalue weighted by atomic mass is 10.0. The maximum Gasteiger partial charge on any atom is 0.418 e. The molecule has 0 fully saturated rings. The van der Waals surface area contributed by atoms with Gasteiger partial charge in [-0.2, -0.15) is 18.3 Å². The molecule has 1 aromatic carbocycles. The topological polar surface area (TPSA) is 60.1 Å². The van der Waals surface area contributed by atoms with Crippen molar-refractivity contribution in [2.24, 2.45) is 0 Å². The molecular weight excluding hydrogens is 409 g/mol. The van der Waals surface area contributed by atoms with Crippen LogP contribution in [0.4, 0.5) is 27.6 Å². The highest BCUT2D eigenvalue weighted by molar-refractivity contribution is 6.02. The maximum atomic E-state index is 13.5. The average molecular weight is 425 g/mol. The number of halogens is 5. The van der Waals surface area contributed by atoms with Gasteiger partial charge in [-0.25, -0.2) is 13.5 Å². The summed E-state index contributed by atoms with van der Waals surface area (Å²) < 4.78 is 73.4. The van der Waals surface area contributed by atoms with Crippen molar-refractivity contribution in [1.82, 2.24) is 9.78 Å². The average Bonchev–Trinajstić information content (AvgIpc) is 3.28. The van der Waals surface area contributed by atoms with E-state index in [1.165, 1.54) is 31.5 Å². The molecule has 30 heavy (non-hydrogen) atoms. The zero-order valence-corrected chi connectivity index (χ0v) is 15.8. The van der Waals surface area contributed by atoms with E-state index < -0.39 is 34.8 Å². The summed E-state index contributed by atoms with van der Waals surface area (Å²) in [4.78, 5) is 12.0. The second-order valence-electron chi connectivity index (χ2n) is 6.53. The fraction of sp³-hybridized carbons (Fsp3) is 0.200. The second kappa shape index (κ2) is 7.77. The number of hydrogen-bond acceptors (Lipinski definition) is 3. The quantitative estimate of drug-likeness (QED) is 0.430. The highest BCUT2D eigenvalue weighted by Gasteiger charge is 2.37. The third-order valence-electron chi connectivity index (χ3n) is 4.15. The van der Waals surface area contributed by atoms with Gasteiger partial charge in [-0.3, -0.25) is 4.79 Å². The van der Waals surface area contributed by atoms with Crippen LogP contribution in [0.3, 0.4) is 0 Å². The minimum absolute atomic E-state index is 0.169. The molecule has 2 aromatic heterocycles. The van der Waals surface area contributed by atoms with Gasteiger partial charge in [-0.15, -0.1) is 0 Å². The van der Waals surface area contributed by atoms with Crippen LogP contribution in [0.2, 0.25) is 0 Å². The van der Waals surface area contributed by atoms with Crippen LogP contribution in [0.5, 0.6) is 0 Å². The Morgan fingerprint density at radius 1 is 1.20 bits per heavy atom. The number of carbonyl (C=O) groups excluding carboxylic acids is 1. The lowest BCUT2D eigenvalue weighted by molar-refractivity contribution is -0.137. The Kier molecular flexibility index (Phi) is 5.51. The summed E-state index contributed by atoms with van der Waals surface area (Å²) in [7, 11) is 0. The molecule has 0 aliphatic rings.